The maximum Gasteiger partial charge on any atom is 0.331 e. The molecule has 278 valence electrons. The predicted octanol–water partition coefficient (Wildman–Crippen LogP) is 5.03. The van der Waals surface area contributed by atoms with E-state index in [1.165, 1.54) is 50.5 Å². The minimum absolute atomic E-state index is 0.0158. The molecule has 1 saturated heterocycles. The smallest absolute Gasteiger partial charge is 0.331 e. The number of phenols is 4. The van der Waals surface area contributed by atoms with Crippen molar-refractivity contribution in [3.8, 4) is 45.8 Å². The zero-order valence-corrected chi connectivity index (χ0v) is 28.7. The highest BCUT2D eigenvalue weighted by Gasteiger charge is 2.49. The summed E-state index contributed by atoms with van der Waals surface area (Å²) < 4.78 is 34.6. The molecule has 4 aromatic carbocycles. The van der Waals surface area contributed by atoms with Crippen LogP contribution in [-0.2, 0) is 23.8 Å². The first kappa shape index (κ1) is 37.0. The number of hydrogen-bond acceptors (Lipinski definition) is 14. The Morgan fingerprint density at radius 3 is 1.85 bits per heavy atom. The van der Waals surface area contributed by atoms with Gasteiger partial charge in [-0.25, -0.2) is 9.59 Å². The Kier molecular flexibility index (Phi) is 10.9. The third-order valence-corrected chi connectivity index (χ3v) is 8.37. The van der Waals surface area contributed by atoms with E-state index in [1.807, 2.05) is 0 Å². The molecule has 5 N–H and O–H groups in total. The van der Waals surface area contributed by atoms with Crippen LogP contribution in [0, 0.1) is 0 Å². The summed E-state index contributed by atoms with van der Waals surface area (Å²) in [5.74, 6) is -2.99. The molecule has 1 aliphatic rings. The Hall–Kier alpha value is -6.77. The van der Waals surface area contributed by atoms with Crippen molar-refractivity contribution < 1.29 is 63.2 Å². The highest BCUT2D eigenvalue weighted by molar-refractivity contribution is 5.89. The highest BCUT2D eigenvalue weighted by Crippen LogP contribution is 2.38. The third kappa shape index (κ3) is 8.30. The summed E-state index contributed by atoms with van der Waals surface area (Å²) in [5, 5.41) is 51.2. The zero-order valence-electron chi connectivity index (χ0n) is 28.7. The predicted molar refractivity (Wildman–Crippen MR) is 193 cm³/mol. The fourth-order valence-electron chi connectivity index (χ4n) is 5.65. The van der Waals surface area contributed by atoms with Crippen LogP contribution in [-0.4, -0.2) is 75.3 Å². The van der Waals surface area contributed by atoms with Crippen LogP contribution < -0.4 is 14.9 Å². The quantitative estimate of drug-likeness (QED) is 0.0941. The number of rotatable bonds is 10. The number of aromatic hydroxyl groups is 4. The second-order valence-electron chi connectivity index (χ2n) is 12.1. The summed E-state index contributed by atoms with van der Waals surface area (Å²) in [6.07, 6.45) is -2.80. The van der Waals surface area contributed by atoms with Crippen molar-refractivity contribution >= 4 is 35.1 Å². The lowest BCUT2D eigenvalue weighted by molar-refractivity contribution is -0.275. The summed E-state index contributed by atoms with van der Waals surface area (Å²) >= 11 is 0. The maximum atomic E-state index is 14.0. The maximum absolute atomic E-state index is 14.0. The van der Waals surface area contributed by atoms with Gasteiger partial charge in [0.2, 0.25) is 17.5 Å². The number of esters is 2. The Bertz CT molecular complexity index is 2260. The van der Waals surface area contributed by atoms with Crippen LogP contribution in [0.4, 0.5) is 0 Å². The first-order chi connectivity index (χ1) is 25.9. The number of hydrogen-bond donors (Lipinski definition) is 5. The van der Waals surface area contributed by atoms with E-state index >= 15 is 0 Å². The van der Waals surface area contributed by atoms with Crippen molar-refractivity contribution in [2.75, 3.05) is 7.11 Å². The molecule has 14 nitrogen and oxygen atoms in total. The summed E-state index contributed by atoms with van der Waals surface area (Å²) in [7, 11) is 1.47. The van der Waals surface area contributed by atoms with Crippen LogP contribution >= 0.6 is 0 Å². The lowest BCUT2D eigenvalue weighted by Gasteiger charge is -2.41. The van der Waals surface area contributed by atoms with E-state index in [0.29, 0.717) is 22.4 Å². The van der Waals surface area contributed by atoms with E-state index in [1.54, 1.807) is 48.5 Å². The molecule has 5 aromatic rings. The van der Waals surface area contributed by atoms with Gasteiger partial charge >= 0.3 is 11.9 Å². The zero-order chi connectivity index (χ0) is 38.5. The van der Waals surface area contributed by atoms with Crippen molar-refractivity contribution in [1.82, 2.24) is 0 Å². The number of carbonyl (C=O) groups excluding carboxylic acids is 2. The molecule has 14 heteroatoms. The molecule has 6 rings (SSSR count). The second-order valence-corrected chi connectivity index (χ2v) is 12.1. The van der Waals surface area contributed by atoms with E-state index in [2.05, 4.69) is 0 Å². The van der Waals surface area contributed by atoms with E-state index in [9.17, 15) is 39.9 Å². The SMILES string of the molecule is COc1ccc(-c2oc3cc(O)cc(O)c3c(=O)c2O[C@@H]2O[C@@H](C)[C@H](OC(=O)/C=C/c3ccc(O)cc3)[C@@H](O)[C@H]2OC(=O)/C=C/c2ccc(O)cc2)cc1. The van der Waals surface area contributed by atoms with Gasteiger partial charge in [-0.1, -0.05) is 24.3 Å². The molecule has 1 fully saturated rings. The van der Waals surface area contributed by atoms with Gasteiger partial charge in [0.1, 0.15) is 45.8 Å². The average molecular weight is 739 g/mol. The first-order valence-corrected chi connectivity index (χ1v) is 16.4. The molecule has 2 heterocycles. The molecular weight excluding hydrogens is 704 g/mol. The van der Waals surface area contributed by atoms with E-state index in [4.69, 9.17) is 28.1 Å². The van der Waals surface area contributed by atoms with Crippen molar-refractivity contribution in [2.24, 2.45) is 0 Å². The monoisotopic (exact) mass is 738 g/mol. The molecule has 0 aliphatic carbocycles. The number of aliphatic hydroxyl groups is 1. The van der Waals surface area contributed by atoms with Gasteiger partial charge < -0.3 is 53.6 Å². The van der Waals surface area contributed by atoms with E-state index in [-0.39, 0.29) is 34.0 Å². The highest BCUT2D eigenvalue weighted by atomic mass is 16.7. The standard InChI is InChI=1S/C40H34O14/c1-21-36(52-31(45)17-7-22-3-11-25(41)12-4-22)35(48)39(53-32(46)18-8-23-5-13-26(42)14-6-23)40(50-21)54-38-34(47)33-29(44)19-27(43)20-30(33)51-37(38)24-9-15-28(49-2)16-10-24/h3-21,35-36,39-44,48H,1-2H3/b17-7+,18-8+/t21-,35+,36-,39+,40-/m0/s1. The molecule has 54 heavy (non-hydrogen) atoms. The number of ether oxygens (including phenoxy) is 5. The van der Waals surface area contributed by atoms with E-state index in [0.717, 1.165) is 24.3 Å². The van der Waals surface area contributed by atoms with Gasteiger partial charge in [-0.3, -0.25) is 4.79 Å². The average Bonchev–Trinajstić information content (AvgIpc) is 3.15. The number of benzene rings is 4. The third-order valence-electron chi connectivity index (χ3n) is 8.37. The Morgan fingerprint density at radius 2 is 1.30 bits per heavy atom. The minimum atomic E-state index is -1.78. The van der Waals surface area contributed by atoms with Crippen LogP contribution in [0.25, 0.3) is 34.4 Å². The summed E-state index contributed by atoms with van der Waals surface area (Å²) in [6, 6.07) is 20.3. The van der Waals surface area contributed by atoms with Crippen LogP contribution in [0.2, 0.25) is 0 Å². The number of aliphatic hydroxyl groups excluding tert-OH is 1. The fraction of sp³-hybridized carbons (Fsp3) is 0.175. The summed E-state index contributed by atoms with van der Waals surface area (Å²) in [5.41, 5.74) is 0.332. The molecule has 5 atom stereocenters. The van der Waals surface area contributed by atoms with Gasteiger partial charge in [0.05, 0.1) is 13.2 Å². The van der Waals surface area contributed by atoms with Gasteiger partial charge in [0, 0.05) is 29.8 Å². The molecule has 0 amide bonds. The Morgan fingerprint density at radius 1 is 0.741 bits per heavy atom. The van der Waals surface area contributed by atoms with Gasteiger partial charge in [-0.15, -0.1) is 0 Å². The largest absolute Gasteiger partial charge is 0.508 e. The fourth-order valence-corrected chi connectivity index (χ4v) is 5.65. The molecular formula is C40H34O14. The molecule has 0 saturated carbocycles. The molecule has 1 aromatic heterocycles. The normalized spacial score (nSPS) is 19.9. The van der Waals surface area contributed by atoms with Crippen LogP contribution in [0.1, 0.15) is 18.1 Å². The van der Waals surface area contributed by atoms with Gasteiger partial charge in [-0.2, -0.15) is 0 Å². The van der Waals surface area contributed by atoms with E-state index < -0.39 is 59.6 Å². The molecule has 0 radical (unpaired) electrons. The molecule has 1 aliphatic heterocycles. The summed E-state index contributed by atoms with van der Waals surface area (Å²) in [6.45, 7) is 1.46. The first-order valence-electron chi connectivity index (χ1n) is 16.4. The van der Waals surface area contributed by atoms with Crippen LogP contribution in [0.15, 0.2) is 106 Å². The minimum Gasteiger partial charge on any atom is -0.508 e. The van der Waals surface area contributed by atoms with Crippen LogP contribution in [0.3, 0.4) is 0 Å². The lowest BCUT2D eigenvalue weighted by Crippen LogP contribution is -2.61. The van der Waals surface area contributed by atoms with Crippen molar-refractivity contribution in [1.29, 1.82) is 0 Å². The van der Waals surface area contributed by atoms with Crippen molar-refractivity contribution in [3.05, 3.63) is 118 Å². The number of methoxy groups -OCH3 is 1. The van der Waals surface area contributed by atoms with Crippen molar-refractivity contribution in [2.45, 2.75) is 37.6 Å². The molecule has 0 bridgehead atoms. The number of phenolic OH excluding ortho intramolecular Hbond substituents is 4. The topological polar surface area (TPSA) is 212 Å². The second kappa shape index (κ2) is 15.9. The van der Waals surface area contributed by atoms with Crippen molar-refractivity contribution in [3.63, 3.8) is 0 Å². The Labute approximate surface area is 306 Å². The molecule has 0 spiro atoms. The molecule has 0 unspecified atom stereocenters. The van der Waals surface area contributed by atoms with Gasteiger partial charge in [0.25, 0.3) is 0 Å². The van der Waals surface area contributed by atoms with Crippen LogP contribution in [0.5, 0.6) is 34.5 Å². The Balaban J connectivity index is 1.36. The van der Waals surface area contributed by atoms with Gasteiger partial charge in [0.15, 0.2) is 18.0 Å². The lowest BCUT2D eigenvalue weighted by atomic mass is 9.99. The number of carbonyl (C=O) groups is 2. The summed E-state index contributed by atoms with van der Waals surface area (Å²) in [4.78, 5) is 40.1. The number of fused-ring (bicyclic) bond motifs is 1. The van der Waals surface area contributed by atoms with Gasteiger partial charge in [-0.05, 0) is 78.7 Å².